The average Bonchev–Trinajstić information content (AvgIpc) is 3.33. The summed E-state index contributed by atoms with van der Waals surface area (Å²) in [5.41, 5.74) is 3.89. The van der Waals surface area contributed by atoms with Crippen LogP contribution in [-0.4, -0.2) is 36.3 Å². The first-order chi connectivity index (χ1) is 14.2. The molecule has 2 amide bonds. The molecule has 150 valence electrons. The average molecular weight is 389 g/mol. The van der Waals surface area contributed by atoms with Crippen LogP contribution in [0, 0.1) is 5.92 Å². The van der Waals surface area contributed by atoms with Crippen LogP contribution in [0.5, 0.6) is 0 Å². The van der Waals surface area contributed by atoms with E-state index in [0.717, 1.165) is 61.9 Å². The molecule has 0 spiro atoms. The third kappa shape index (κ3) is 4.76. The van der Waals surface area contributed by atoms with Crippen molar-refractivity contribution in [2.24, 2.45) is 5.92 Å². The third-order valence-electron chi connectivity index (χ3n) is 5.93. The number of allylic oxidation sites excluding steroid dienone is 1. The van der Waals surface area contributed by atoms with E-state index in [1.165, 1.54) is 0 Å². The van der Waals surface area contributed by atoms with E-state index in [1.807, 2.05) is 47.4 Å². The number of likely N-dealkylation sites (tertiary alicyclic amines) is 1. The van der Waals surface area contributed by atoms with Gasteiger partial charge in [-0.05, 0) is 61.3 Å². The van der Waals surface area contributed by atoms with Crippen molar-refractivity contribution in [3.8, 4) is 11.1 Å². The number of nitrogens with zero attached hydrogens (tertiary/aromatic N) is 1. The highest BCUT2D eigenvalue weighted by atomic mass is 16.2. The molecule has 0 aromatic heterocycles. The molecule has 4 nitrogen and oxygen atoms in total. The first-order valence-electron chi connectivity index (χ1n) is 10.6. The van der Waals surface area contributed by atoms with Crippen molar-refractivity contribution in [3.63, 3.8) is 0 Å². The number of rotatable bonds is 5. The summed E-state index contributed by atoms with van der Waals surface area (Å²) in [4.78, 5) is 27.2. The summed E-state index contributed by atoms with van der Waals surface area (Å²) < 4.78 is 0. The van der Waals surface area contributed by atoms with Crippen LogP contribution in [0.15, 0.2) is 66.2 Å². The lowest BCUT2D eigenvalue weighted by atomic mass is 9.97. The van der Waals surface area contributed by atoms with Crippen molar-refractivity contribution in [2.75, 3.05) is 19.6 Å². The summed E-state index contributed by atoms with van der Waals surface area (Å²) in [7, 11) is 0. The standard InChI is InChI=1S/C25H28N2O2/c28-24(22-14-12-21(13-15-22)20-8-2-1-3-9-20)26-17-19-7-6-16-27(18-19)25(29)23-10-4-5-11-23/h1-3,8-10,12-15,19H,4-7,11,16-18H2,(H,26,28)/t19-/m1/s1. The molecule has 1 N–H and O–H groups in total. The molecule has 0 saturated carbocycles. The molecule has 1 aliphatic heterocycles. The molecule has 1 fully saturated rings. The van der Waals surface area contributed by atoms with Gasteiger partial charge in [0, 0.05) is 30.8 Å². The minimum Gasteiger partial charge on any atom is -0.352 e. The number of amides is 2. The van der Waals surface area contributed by atoms with Gasteiger partial charge in [-0.1, -0.05) is 48.5 Å². The Labute approximate surface area is 172 Å². The SMILES string of the molecule is O=C(NC[C@H]1CCCN(C(=O)C2=CCCC2)C1)c1ccc(-c2ccccc2)cc1. The number of hydrogen-bond acceptors (Lipinski definition) is 2. The van der Waals surface area contributed by atoms with Crippen molar-refractivity contribution >= 4 is 11.8 Å². The fraction of sp³-hybridized carbons (Fsp3) is 0.360. The summed E-state index contributed by atoms with van der Waals surface area (Å²) in [6.45, 7) is 2.19. The van der Waals surface area contributed by atoms with E-state index in [2.05, 4.69) is 23.5 Å². The number of hydrogen-bond donors (Lipinski definition) is 1. The van der Waals surface area contributed by atoms with Crippen molar-refractivity contribution in [1.29, 1.82) is 0 Å². The molecule has 1 heterocycles. The second-order valence-electron chi connectivity index (χ2n) is 8.03. The monoisotopic (exact) mass is 388 g/mol. The quantitative estimate of drug-likeness (QED) is 0.824. The number of piperidine rings is 1. The van der Waals surface area contributed by atoms with Crippen LogP contribution in [0.3, 0.4) is 0 Å². The Morgan fingerprint density at radius 1 is 0.966 bits per heavy atom. The predicted molar refractivity (Wildman–Crippen MR) is 115 cm³/mol. The van der Waals surface area contributed by atoms with Crippen LogP contribution in [0.1, 0.15) is 42.5 Å². The molecule has 1 saturated heterocycles. The molecule has 0 bridgehead atoms. The van der Waals surface area contributed by atoms with Crippen LogP contribution in [-0.2, 0) is 4.79 Å². The van der Waals surface area contributed by atoms with Gasteiger partial charge >= 0.3 is 0 Å². The van der Waals surface area contributed by atoms with Gasteiger partial charge < -0.3 is 10.2 Å². The van der Waals surface area contributed by atoms with Crippen LogP contribution in [0.4, 0.5) is 0 Å². The van der Waals surface area contributed by atoms with Crippen LogP contribution >= 0.6 is 0 Å². The smallest absolute Gasteiger partial charge is 0.251 e. The Balaban J connectivity index is 1.30. The normalized spacial score (nSPS) is 19.0. The van der Waals surface area contributed by atoms with Crippen LogP contribution in [0.25, 0.3) is 11.1 Å². The summed E-state index contributed by atoms with van der Waals surface area (Å²) in [6.07, 6.45) is 7.18. The Morgan fingerprint density at radius 3 is 2.45 bits per heavy atom. The molecule has 4 rings (SSSR count). The zero-order valence-electron chi connectivity index (χ0n) is 16.8. The Bertz CT molecular complexity index is 887. The fourth-order valence-electron chi connectivity index (χ4n) is 4.27. The van der Waals surface area contributed by atoms with Gasteiger partial charge in [-0.3, -0.25) is 9.59 Å². The van der Waals surface area contributed by atoms with Crippen LogP contribution < -0.4 is 5.32 Å². The molecule has 1 atom stereocenters. The van der Waals surface area contributed by atoms with E-state index >= 15 is 0 Å². The highest BCUT2D eigenvalue weighted by Gasteiger charge is 2.26. The highest BCUT2D eigenvalue weighted by Crippen LogP contribution is 2.24. The molecular formula is C25H28N2O2. The van der Waals surface area contributed by atoms with E-state index in [4.69, 9.17) is 0 Å². The van der Waals surface area contributed by atoms with E-state index in [1.54, 1.807) is 0 Å². The largest absolute Gasteiger partial charge is 0.352 e. The molecule has 1 aliphatic carbocycles. The first-order valence-corrected chi connectivity index (χ1v) is 10.6. The van der Waals surface area contributed by atoms with Gasteiger partial charge in [0.25, 0.3) is 5.91 Å². The predicted octanol–water partition coefficient (Wildman–Crippen LogP) is 4.43. The second kappa shape index (κ2) is 9.08. The number of benzene rings is 2. The van der Waals surface area contributed by atoms with Crippen molar-refractivity contribution < 1.29 is 9.59 Å². The Morgan fingerprint density at radius 2 is 1.72 bits per heavy atom. The zero-order valence-corrected chi connectivity index (χ0v) is 16.8. The topological polar surface area (TPSA) is 49.4 Å². The number of carbonyl (C=O) groups is 2. The van der Waals surface area contributed by atoms with Gasteiger partial charge in [-0.25, -0.2) is 0 Å². The van der Waals surface area contributed by atoms with Crippen molar-refractivity contribution in [1.82, 2.24) is 10.2 Å². The molecule has 4 heteroatoms. The zero-order chi connectivity index (χ0) is 20.1. The minimum absolute atomic E-state index is 0.0495. The van der Waals surface area contributed by atoms with E-state index in [9.17, 15) is 9.59 Å². The van der Waals surface area contributed by atoms with Gasteiger partial charge in [-0.15, -0.1) is 0 Å². The number of nitrogens with one attached hydrogen (secondary N) is 1. The summed E-state index contributed by atoms with van der Waals surface area (Å²) in [5, 5.41) is 3.07. The molecule has 2 aromatic carbocycles. The maximum absolute atomic E-state index is 12.6. The van der Waals surface area contributed by atoms with Gasteiger partial charge in [0.1, 0.15) is 0 Å². The summed E-state index contributed by atoms with van der Waals surface area (Å²) >= 11 is 0. The maximum Gasteiger partial charge on any atom is 0.251 e. The summed E-state index contributed by atoms with van der Waals surface area (Å²) in [6, 6.07) is 17.9. The van der Waals surface area contributed by atoms with Gasteiger partial charge in [0.2, 0.25) is 5.91 Å². The lowest BCUT2D eigenvalue weighted by Crippen LogP contribution is -2.44. The fourth-order valence-corrected chi connectivity index (χ4v) is 4.27. The van der Waals surface area contributed by atoms with Gasteiger partial charge in [0.05, 0.1) is 0 Å². The molecule has 2 aromatic rings. The van der Waals surface area contributed by atoms with Gasteiger partial charge in [0.15, 0.2) is 0 Å². The van der Waals surface area contributed by atoms with E-state index in [0.29, 0.717) is 18.0 Å². The number of carbonyl (C=O) groups excluding carboxylic acids is 2. The van der Waals surface area contributed by atoms with E-state index in [-0.39, 0.29) is 11.8 Å². The van der Waals surface area contributed by atoms with E-state index < -0.39 is 0 Å². The summed E-state index contributed by atoms with van der Waals surface area (Å²) in [5.74, 6) is 0.476. The molecule has 0 radical (unpaired) electrons. The highest BCUT2D eigenvalue weighted by molar-refractivity contribution is 5.95. The third-order valence-corrected chi connectivity index (χ3v) is 5.93. The molecule has 29 heavy (non-hydrogen) atoms. The molecule has 2 aliphatic rings. The lowest BCUT2D eigenvalue weighted by molar-refractivity contribution is -0.128. The molecule has 0 unspecified atom stereocenters. The van der Waals surface area contributed by atoms with Crippen molar-refractivity contribution in [2.45, 2.75) is 32.1 Å². The van der Waals surface area contributed by atoms with Crippen LogP contribution in [0.2, 0.25) is 0 Å². The maximum atomic E-state index is 12.6. The van der Waals surface area contributed by atoms with Gasteiger partial charge in [-0.2, -0.15) is 0 Å². The second-order valence-corrected chi connectivity index (χ2v) is 8.03. The lowest BCUT2D eigenvalue weighted by Gasteiger charge is -2.33. The Hall–Kier alpha value is -2.88. The Kier molecular flexibility index (Phi) is 6.09. The minimum atomic E-state index is -0.0495. The molecular weight excluding hydrogens is 360 g/mol. The van der Waals surface area contributed by atoms with Crippen molar-refractivity contribution in [3.05, 3.63) is 71.8 Å². The first kappa shape index (κ1) is 19.4.